The Bertz CT molecular complexity index is 729. The number of benzene rings is 1. The number of piperidine rings is 4. The van der Waals surface area contributed by atoms with Gasteiger partial charge in [-0.2, -0.15) is 0 Å². The van der Waals surface area contributed by atoms with Crippen molar-refractivity contribution in [2.24, 2.45) is 17.8 Å². The highest BCUT2D eigenvalue weighted by atomic mass is 35.5. The fraction of sp³-hybridized carbons (Fsp3) is 0.700. The number of fused-ring (bicyclic) bond motifs is 2. The van der Waals surface area contributed by atoms with E-state index in [1.807, 2.05) is 0 Å². The second-order valence-electron chi connectivity index (χ2n) is 8.81. The van der Waals surface area contributed by atoms with Gasteiger partial charge in [-0.1, -0.05) is 25.1 Å². The summed E-state index contributed by atoms with van der Waals surface area (Å²) in [5.74, 6) is 1.14. The number of nitrogens with zero attached hydrogens (tertiary/aromatic N) is 2. The lowest BCUT2D eigenvalue weighted by molar-refractivity contribution is -0.211. The first kappa shape index (κ1) is 16.4. The fourth-order valence-corrected chi connectivity index (χ4v) is 7.88. The van der Waals surface area contributed by atoms with Crippen LogP contribution in [0.25, 0.3) is 0 Å². The van der Waals surface area contributed by atoms with Crippen LogP contribution in [0.4, 0.5) is 5.69 Å². The minimum atomic E-state index is -0.319. The van der Waals surface area contributed by atoms with Crippen molar-refractivity contribution >= 4 is 18.1 Å². The Morgan fingerprint density at radius 1 is 1.20 bits per heavy atom. The topological polar surface area (TPSA) is 46.9 Å². The first-order valence-electron chi connectivity index (χ1n) is 9.57. The molecule has 1 spiro atoms. The van der Waals surface area contributed by atoms with Gasteiger partial charge in [0.25, 0.3) is 0 Å². The van der Waals surface area contributed by atoms with Crippen LogP contribution in [-0.2, 0) is 5.41 Å². The van der Waals surface area contributed by atoms with Gasteiger partial charge in [-0.3, -0.25) is 4.90 Å². The smallest absolute Gasteiger partial charge is 0.111 e. The molecule has 2 N–H and O–H groups in total. The average molecular weight is 363 g/mol. The Morgan fingerprint density at radius 3 is 2.72 bits per heavy atom. The minimum Gasteiger partial charge on any atom is -0.392 e. The molecule has 5 heterocycles. The average Bonchev–Trinajstić information content (AvgIpc) is 2.97. The normalized spacial score (nSPS) is 53.6. The lowest BCUT2D eigenvalue weighted by atomic mass is 9.62. The number of hydrogen-bond acceptors (Lipinski definition) is 4. The summed E-state index contributed by atoms with van der Waals surface area (Å²) in [5.41, 5.74) is 2.51. The number of aliphatic hydroxyl groups is 2. The van der Waals surface area contributed by atoms with Crippen molar-refractivity contribution in [3.05, 3.63) is 29.8 Å². The molecule has 4 saturated heterocycles. The molecule has 7 rings (SSSR count). The number of para-hydroxylation sites is 1. The van der Waals surface area contributed by atoms with Crippen LogP contribution in [0, 0.1) is 17.8 Å². The molecule has 0 radical (unpaired) electrons. The summed E-state index contributed by atoms with van der Waals surface area (Å²) < 4.78 is 0. The Morgan fingerprint density at radius 2 is 1.96 bits per heavy atom. The highest BCUT2D eigenvalue weighted by molar-refractivity contribution is 5.85. The van der Waals surface area contributed by atoms with Crippen LogP contribution in [0.15, 0.2) is 24.3 Å². The molecule has 1 aliphatic carbocycles. The zero-order valence-corrected chi connectivity index (χ0v) is 15.6. The molecule has 5 fully saturated rings. The third-order valence-electron chi connectivity index (χ3n) is 8.46. The highest BCUT2D eigenvalue weighted by Gasteiger charge is 2.76. The van der Waals surface area contributed by atoms with E-state index in [9.17, 15) is 10.2 Å². The van der Waals surface area contributed by atoms with Gasteiger partial charge in [-0.15, -0.1) is 12.4 Å². The Labute approximate surface area is 155 Å². The Hall–Kier alpha value is -0.810. The van der Waals surface area contributed by atoms with Crippen molar-refractivity contribution in [1.29, 1.82) is 0 Å². The molecule has 136 valence electrons. The largest absolute Gasteiger partial charge is 0.392 e. The lowest BCUT2D eigenvalue weighted by Gasteiger charge is -2.62. The zero-order valence-electron chi connectivity index (χ0n) is 14.7. The van der Waals surface area contributed by atoms with E-state index in [0.717, 1.165) is 19.3 Å². The van der Waals surface area contributed by atoms with Crippen molar-refractivity contribution in [3.63, 3.8) is 0 Å². The van der Waals surface area contributed by atoms with Crippen molar-refractivity contribution < 1.29 is 10.2 Å². The third-order valence-corrected chi connectivity index (χ3v) is 8.46. The predicted octanol–water partition coefficient (Wildman–Crippen LogP) is 1.98. The summed E-state index contributed by atoms with van der Waals surface area (Å²) in [7, 11) is 2.19. The van der Waals surface area contributed by atoms with E-state index in [4.69, 9.17) is 0 Å². The van der Waals surface area contributed by atoms with E-state index < -0.39 is 0 Å². The molecule has 4 nitrogen and oxygen atoms in total. The first-order chi connectivity index (χ1) is 11.6. The highest BCUT2D eigenvalue weighted by Crippen LogP contribution is 2.68. The summed E-state index contributed by atoms with van der Waals surface area (Å²) in [6.45, 7) is 2.19. The molecule has 0 amide bonds. The van der Waals surface area contributed by atoms with E-state index in [-0.39, 0.29) is 30.2 Å². The van der Waals surface area contributed by atoms with Gasteiger partial charge in [-0.05, 0) is 36.8 Å². The second kappa shape index (κ2) is 4.92. The summed E-state index contributed by atoms with van der Waals surface area (Å²) in [5, 5.41) is 22.6. The molecule has 25 heavy (non-hydrogen) atoms. The van der Waals surface area contributed by atoms with Crippen LogP contribution in [0.5, 0.6) is 0 Å². The number of likely N-dealkylation sites (N-methyl/N-ethyl adjacent to an activating group) is 1. The van der Waals surface area contributed by atoms with Crippen molar-refractivity contribution in [1.82, 2.24) is 4.90 Å². The number of anilines is 1. The SMILES string of the molecule is CC[C@H]1[C@H]2C[C@H]3[C@@H]4N(C)c5ccccc5[C@]45C[C@@H]([C@H]2[C@H]5O)N3[C@@H]1O.Cl. The van der Waals surface area contributed by atoms with Gasteiger partial charge < -0.3 is 15.1 Å². The van der Waals surface area contributed by atoms with E-state index in [2.05, 4.69) is 48.0 Å². The number of hydrogen-bond donors (Lipinski definition) is 2. The molecule has 1 unspecified atom stereocenters. The molecular formula is C20H27ClN2O2. The molecule has 10 atom stereocenters. The lowest BCUT2D eigenvalue weighted by Crippen LogP contribution is -2.72. The number of rotatable bonds is 1. The molecule has 5 aliphatic heterocycles. The maximum atomic E-state index is 11.6. The molecule has 1 aromatic carbocycles. The molecule has 6 aliphatic rings. The van der Waals surface area contributed by atoms with Crippen LogP contribution >= 0.6 is 12.4 Å². The number of aliphatic hydroxyl groups excluding tert-OH is 2. The summed E-state index contributed by atoms with van der Waals surface area (Å²) >= 11 is 0. The molecule has 5 bridgehead atoms. The Balaban J connectivity index is 0.00000140. The van der Waals surface area contributed by atoms with Gasteiger partial charge in [0.2, 0.25) is 0 Å². The quantitative estimate of drug-likeness (QED) is 0.802. The first-order valence-corrected chi connectivity index (χ1v) is 9.57. The van der Waals surface area contributed by atoms with Crippen LogP contribution in [0.1, 0.15) is 31.7 Å². The van der Waals surface area contributed by atoms with Gasteiger partial charge in [0.05, 0.1) is 12.1 Å². The standard InChI is InChI=1S/C20H26N2O2.ClH/c1-3-10-11-8-14-17-20(12-6-4-5-7-13(12)21(17)2)9-15(16(11)18(20)23)22(14)19(10)24;/h4-7,10-11,14-19,23-24H,3,8-9H2,1-2H3;1H/t10-,11+,14-,15-,16-,17-,18+,19+,20+;/m0./s1. The fourth-order valence-electron chi connectivity index (χ4n) is 7.88. The van der Waals surface area contributed by atoms with E-state index in [0.29, 0.717) is 35.9 Å². The zero-order chi connectivity index (χ0) is 16.4. The molecule has 1 saturated carbocycles. The second-order valence-corrected chi connectivity index (χ2v) is 8.81. The summed E-state index contributed by atoms with van der Waals surface area (Å²) in [6.07, 6.45) is 2.56. The van der Waals surface area contributed by atoms with E-state index in [1.165, 1.54) is 11.3 Å². The van der Waals surface area contributed by atoms with Crippen molar-refractivity contribution in [3.8, 4) is 0 Å². The van der Waals surface area contributed by atoms with E-state index in [1.54, 1.807) is 0 Å². The van der Waals surface area contributed by atoms with Gasteiger partial charge in [-0.25, -0.2) is 0 Å². The van der Waals surface area contributed by atoms with Crippen molar-refractivity contribution in [2.75, 3.05) is 11.9 Å². The molecule has 5 heteroatoms. The predicted molar refractivity (Wildman–Crippen MR) is 99.0 cm³/mol. The molecule has 1 aromatic rings. The maximum Gasteiger partial charge on any atom is 0.111 e. The minimum absolute atomic E-state index is 0. The summed E-state index contributed by atoms with van der Waals surface area (Å²) in [4.78, 5) is 4.83. The Kier molecular flexibility index (Phi) is 3.22. The van der Waals surface area contributed by atoms with E-state index >= 15 is 0 Å². The van der Waals surface area contributed by atoms with Gasteiger partial charge >= 0.3 is 0 Å². The summed E-state index contributed by atoms with van der Waals surface area (Å²) in [6, 6.07) is 9.70. The third kappa shape index (κ3) is 1.50. The van der Waals surface area contributed by atoms with Gasteiger partial charge in [0.15, 0.2) is 0 Å². The van der Waals surface area contributed by atoms with Crippen LogP contribution in [0.2, 0.25) is 0 Å². The molecular weight excluding hydrogens is 336 g/mol. The monoisotopic (exact) mass is 362 g/mol. The maximum absolute atomic E-state index is 11.6. The van der Waals surface area contributed by atoms with Gasteiger partial charge in [0.1, 0.15) is 6.23 Å². The van der Waals surface area contributed by atoms with Crippen molar-refractivity contribution in [2.45, 2.75) is 62.1 Å². The van der Waals surface area contributed by atoms with Crippen LogP contribution in [-0.4, -0.2) is 52.6 Å². The van der Waals surface area contributed by atoms with Gasteiger partial charge in [0, 0.05) is 42.1 Å². The molecule has 0 aromatic heterocycles. The van der Waals surface area contributed by atoms with Crippen LogP contribution in [0.3, 0.4) is 0 Å². The van der Waals surface area contributed by atoms with Crippen LogP contribution < -0.4 is 4.90 Å². The number of halogens is 1.